The summed E-state index contributed by atoms with van der Waals surface area (Å²) in [5.41, 5.74) is 1.01. The van der Waals surface area contributed by atoms with Crippen molar-refractivity contribution in [3.63, 3.8) is 0 Å². The van der Waals surface area contributed by atoms with Gasteiger partial charge >= 0.3 is 5.97 Å². The first kappa shape index (κ1) is 26.0. The average molecular weight is 504 g/mol. The molecular weight excluding hydrogens is 466 g/mol. The maximum atomic E-state index is 12.9. The fraction of sp³-hybridized carbons (Fsp3) is 0.630. The van der Waals surface area contributed by atoms with Gasteiger partial charge in [-0.1, -0.05) is 36.0 Å². The van der Waals surface area contributed by atoms with E-state index in [2.05, 4.69) is 12.2 Å². The quantitative estimate of drug-likeness (QED) is 0.390. The predicted octanol–water partition coefficient (Wildman–Crippen LogP) is 5.47. The normalized spacial score (nSPS) is 31.5. The van der Waals surface area contributed by atoms with E-state index >= 15 is 0 Å². The number of carbonyl (C=O) groups is 2. The Kier molecular flexibility index (Phi) is 9.14. The molecule has 0 N–H and O–H groups in total. The van der Waals surface area contributed by atoms with E-state index in [9.17, 15) is 9.59 Å². The number of ether oxygens (including phenoxy) is 4. The lowest BCUT2D eigenvalue weighted by molar-refractivity contribution is -0.306. The summed E-state index contributed by atoms with van der Waals surface area (Å²) in [5.74, 6) is 0.165. The number of allylic oxidation sites excluding steroid dienone is 2. The Bertz CT molecular complexity index is 890. The summed E-state index contributed by atoms with van der Waals surface area (Å²) < 4.78 is 24.0. The highest BCUT2D eigenvalue weighted by atomic mass is 32.2. The highest BCUT2D eigenvalue weighted by Gasteiger charge is 2.54. The molecule has 1 aromatic carbocycles. The summed E-state index contributed by atoms with van der Waals surface area (Å²) in [4.78, 5) is 27.4. The first-order valence-corrected chi connectivity index (χ1v) is 13.7. The molecule has 0 aromatic heterocycles. The van der Waals surface area contributed by atoms with Crippen LogP contribution in [0.5, 0.6) is 5.75 Å². The van der Waals surface area contributed by atoms with Crippen LogP contribution in [0.1, 0.15) is 63.4 Å². The van der Waals surface area contributed by atoms with Crippen LogP contribution < -0.4 is 4.74 Å². The third-order valence-electron chi connectivity index (χ3n) is 7.11. The Balaban J connectivity index is 1.55. The number of rotatable bonds is 5. The largest absolute Gasteiger partial charge is 0.497 e. The Labute approximate surface area is 212 Å². The third-order valence-corrected chi connectivity index (χ3v) is 8.07. The molecular formula is C27H37NO6S. The molecule has 3 aliphatic rings. The number of benzene rings is 1. The van der Waals surface area contributed by atoms with Crippen molar-refractivity contribution < 1.29 is 28.5 Å². The van der Waals surface area contributed by atoms with E-state index in [0.29, 0.717) is 31.6 Å². The molecule has 1 amide bonds. The van der Waals surface area contributed by atoms with E-state index in [-0.39, 0.29) is 29.5 Å². The minimum Gasteiger partial charge on any atom is -0.497 e. The smallest absolute Gasteiger partial charge is 0.306 e. The first-order valence-electron chi connectivity index (χ1n) is 12.7. The molecule has 0 saturated carbocycles. The zero-order chi connectivity index (χ0) is 24.7. The number of hydrogen-bond acceptors (Lipinski definition) is 7. The van der Waals surface area contributed by atoms with E-state index in [1.54, 1.807) is 14.2 Å². The summed E-state index contributed by atoms with van der Waals surface area (Å²) in [6, 6.07) is 7.46. The van der Waals surface area contributed by atoms with Crippen molar-refractivity contribution in [1.29, 1.82) is 0 Å². The van der Waals surface area contributed by atoms with Crippen molar-refractivity contribution in [2.75, 3.05) is 20.0 Å². The van der Waals surface area contributed by atoms with E-state index in [1.807, 2.05) is 29.2 Å². The van der Waals surface area contributed by atoms with Gasteiger partial charge in [0.1, 0.15) is 11.9 Å². The number of methoxy groups -OCH3 is 2. The number of carbonyl (C=O) groups excluding carboxylic acids is 2. The monoisotopic (exact) mass is 503 g/mol. The second kappa shape index (κ2) is 12.3. The fourth-order valence-electron chi connectivity index (χ4n) is 5.21. The van der Waals surface area contributed by atoms with Gasteiger partial charge in [-0.25, -0.2) is 0 Å². The average Bonchev–Trinajstić information content (AvgIpc) is 3.23. The lowest BCUT2D eigenvalue weighted by atomic mass is 9.90. The lowest BCUT2D eigenvalue weighted by Crippen LogP contribution is -2.60. The second-order valence-electron chi connectivity index (χ2n) is 9.52. The number of esters is 1. The fourth-order valence-corrected chi connectivity index (χ4v) is 6.31. The summed E-state index contributed by atoms with van der Waals surface area (Å²) >= 11 is 1.29. The van der Waals surface area contributed by atoms with E-state index < -0.39 is 5.79 Å². The summed E-state index contributed by atoms with van der Waals surface area (Å²) in [7, 11) is 3.28. The first-order chi connectivity index (χ1) is 17.0. The second-order valence-corrected chi connectivity index (χ2v) is 10.5. The van der Waals surface area contributed by atoms with Crippen LogP contribution >= 0.6 is 11.8 Å². The Morgan fingerprint density at radius 2 is 1.83 bits per heavy atom. The minimum atomic E-state index is -1.02. The number of hydrogen-bond donors (Lipinski definition) is 0. The molecule has 192 valence electrons. The van der Waals surface area contributed by atoms with Crippen molar-refractivity contribution in [3.8, 4) is 5.75 Å². The van der Waals surface area contributed by atoms with Crippen molar-refractivity contribution in [3.05, 3.63) is 42.0 Å². The minimum absolute atomic E-state index is 0.00814. The molecule has 1 unspecified atom stereocenters. The molecule has 8 heteroatoms. The highest BCUT2D eigenvalue weighted by molar-refractivity contribution is 8.13. The number of thioether (sulfide) groups is 1. The molecule has 3 aliphatic heterocycles. The van der Waals surface area contributed by atoms with Gasteiger partial charge in [0.2, 0.25) is 0 Å². The number of amides is 1. The van der Waals surface area contributed by atoms with Gasteiger partial charge in [-0.3, -0.25) is 9.59 Å². The molecule has 0 aliphatic carbocycles. The zero-order valence-electron chi connectivity index (χ0n) is 20.8. The van der Waals surface area contributed by atoms with Crippen molar-refractivity contribution in [1.82, 2.24) is 4.90 Å². The Morgan fingerprint density at radius 3 is 2.57 bits per heavy atom. The molecule has 2 fully saturated rings. The van der Waals surface area contributed by atoms with Crippen LogP contribution in [0, 0.1) is 0 Å². The van der Waals surface area contributed by atoms with Gasteiger partial charge in [0.25, 0.3) is 5.24 Å². The predicted molar refractivity (Wildman–Crippen MR) is 135 cm³/mol. The molecule has 0 spiro atoms. The van der Waals surface area contributed by atoms with Crippen molar-refractivity contribution in [2.45, 2.75) is 88.4 Å². The van der Waals surface area contributed by atoms with Crippen LogP contribution in [0.4, 0.5) is 4.79 Å². The maximum Gasteiger partial charge on any atom is 0.306 e. The van der Waals surface area contributed by atoms with Gasteiger partial charge < -0.3 is 23.8 Å². The van der Waals surface area contributed by atoms with Crippen LogP contribution in [0.15, 0.2) is 36.4 Å². The summed E-state index contributed by atoms with van der Waals surface area (Å²) in [5, 5.41) is 0.00814. The summed E-state index contributed by atoms with van der Waals surface area (Å²) in [6.07, 6.45) is 11.2. The van der Waals surface area contributed by atoms with Gasteiger partial charge in [0, 0.05) is 38.7 Å². The topological polar surface area (TPSA) is 74.3 Å². The van der Waals surface area contributed by atoms with Crippen LogP contribution in [0.3, 0.4) is 0 Å². The van der Waals surface area contributed by atoms with Gasteiger partial charge in [-0.15, -0.1) is 0 Å². The van der Waals surface area contributed by atoms with Crippen LogP contribution in [0.25, 0.3) is 0 Å². The molecule has 4 rings (SSSR count). The van der Waals surface area contributed by atoms with Crippen molar-refractivity contribution in [2.24, 2.45) is 0 Å². The zero-order valence-corrected chi connectivity index (χ0v) is 21.6. The van der Waals surface area contributed by atoms with Gasteiger partial charge in [-0.05, 0) is 56.2 Å². The highest BCUT2D eigenvalue weighted by Crippen LogP contribution is 2.43. The van der Waals surface area contributed by atoms with Gasteiger partial charge in [0.05, 0.1) is 19.3 Å². The number of nitrogens with zero attached hydrogens (tertiary/aromatic N) is 1. The van der Waals surface area contributed by atoms with Gasteiger partial charge in [0.15, 0.2) is 5.79 Å². The molecule has 2 bridgehead atoms. The Hall–Kier alpha value is -2.03. The van der Waals surface area contributed by atoms with Gasteiger partial charge in [-0.2, -0.15) is 0 Å². The maximum absolute atomic E-state index is 12.9. The molecule has 1 aromatic rings. The third kappa shape index (κ3) is 6.60. The van der Waals surface area contributed by atoms with Crippen molar-refractivity contribution >= 4 is 23.0 Å². The molecule has 35 heavy (non-hydrogen) atoms. The lowest BCUT2D eigenvalue weighted by Gasteiger charge is -2.48. The van der Waals surface area contributed by atoms with Crippen LogP contribution in [-0.2, 0) is 25.5 Å². The SMILES string of the molecule is COc1ccc(CN2C(=O)SC[C@H]2[C@@]2(OC)CC3C[C@@H](CCC/C=C/CCCCC(=O)O3)O2)cc1. The molecule has 3 heterocycles. The summed E-state index contributed by atoms with van der Waals surface area (Å²) in [6.45, 7) is 0.453. The molecule has 4 atom stereocenters. The van der Waals surface area contributed by atoms with Crippen LogP contribution in [0.2, 0.25) is 0 Å². The Morgan fingerprint density at radius 1 is 1.06 bits per heavy atom. The molecule has 7 nitrogen and oxygen atoms in total. The van der Waals surface area contributed by atoms with E-state index in [1.165, 1.54) is 11.8 Å². The standard InChI is InChI=1S/C27H37NO6S/c1-31-21-14-12-20(13-15-21)18-28-24(19-35-26(28)30)27(32-2)17-23-16-22(34-27)10-8-6-4-3-5-7-9-11-25(29)33-23/h3-4,12-15,22-24H,5-11,16-19H2,1-2H3/b4-3+/t22-,23?,24+,27-/m1/s1. The van der Waals surface area contributed by atoms with Crippen LogP contribution in [-0.4, -0.2) is 60.1 Å². The van der Waals surface area contributed by atoms with E-state index in [4.69, 9.17) is 18.9 Å². The van der Waals surface area contributed by atoms with E-state index in [0.717, 1.165) is 49.8 Å². The molecule has 2 saturated heterocycles. The number of fused-ring (bicyclic) bond motifs is 2. The molecule has 0 radical (unpaired) electrons.